The van der Waals surface area contributed by atoms with E-state index < -0.39 is 5.60 Å². The lowest BCUT2D eigenvalue weighted by Crippen LogP contribution is -2.29. The standard InChI is InChI=1S/C22H25NOS.C8H16O/c1-5-16-7-6-8-19(21(16)22(24)14(2)3)17-9-11-18(12-10-17)20(25)13-15(4)23;1-6(7-4-5-7)8(2,3)9/h6-14H,5,23H2,1-4H3;6-7,9H,4-5H2,1-3H3/b15-13-;. The molecule has 0 aliphatic heterocycles. The molecule has 1 aliphatic carbocycles. The summed E-state index contributed by atoms with van der Waals surface area (Å²) in [5, 5.41) is 9.50. The van der Waals surface area contributed by atoms with Crippen molar-refractivity contribution < 1.29 is 9.90 Å². The normalized spacial score (nSPS) is 14.9. The number of hydrogen-bond donors (Lipinski definition) is 2. The Bertz CT molecular complexity index is 1020. The Balaban J connectivity index is 0.000000379. The van der Waals surface area contributed by atoms with E-state index in [-0.39, 0.29) is 11.7 Å². The van der Waals surface area contributed by atoms with Gasteiger partial charge in [-0.3, -0.25) is 4.79 Å². The average Bonchev–Trinajstić information content (AvgIpc) is 3.62. The summed E-state index contributed by atoms with van der Waals surface area (Å²) in [6.07, 6.45) is 5.27. The number of hydrogen-bond acceptors (Lipinski definition) is 4. The van der Waals surface area contributed by atoms with Crippen LogP contribution in [0.15, 0.2) is 54.2 Å². The van der Waals surface area contributed by atoms with Gasteiger partial charge in [0.2, 0.25) is 0 Å². The van der Waals surface area contributed by atoms with E-state index in [1.165, 1.54) is 12.8 Å². The van der Waals surface area contributed by atoms with Crippen molar-refractivity contribution in [2.75, 3.05) is 0 Å². The molecule has 0 amide bonds. The van der Waals surface area contributed by atoms with Crippen LogP contribution in [0.25, 0.3) is 11.1 Å². The highest BCUT2D eigenvalue weighted by Gasteiger charge is 2.36. The largest absolute Gasteiger partial charge is 0.402 e. The van der Waals surface area contributed by atoms with Gasteiger partial charge in [0.05, 0.1) is 5.60 Å². The topological polar surface area (TPSA) is 63.3 Å². The maximum atomic E-state index is 12.8. The second-order valence-electron chi connectivity index (χ2n) is 10.3. The Hall–Kier alpha value is -2.30. The number of nitrogens with two attached hydrogens (primary N) is 1. The van der Waals surface area contributed by atoms with Crippen molar-refractivity contribution in [2.24, 2.45) is 23.5 Å². The molecule has 0 bridgehead atoms. The van der Waals surface area contributed by atoms with Gasteiger partial charge < -0.3 is 10.8 Å². The minimum Gasteiger partial charge on any atom is -0.402 e. The number of aliphatic hydroxyl groups is 1. The zero-order valence-corrected chi connectivity index (χ0v) is 22.6. The number of ketones is 1. The summed E-state index contributed by atoms with van der Waals surface area (Å²) < 4.78 is 0. The van der Waals surface area contributed by atoms with Crippen LogP contribution in [-0.4, -0.2) is 21.4 Å². The van der Waals surface area contributed by atoms with Gasteiger partial charge in [-0.25, -0.2) is 0 Å². The predicted molar refractivity (Wildman–Crippen MR) is 148 cm³/mol. The molecule has 0 aromatic heterocycles. The third kappa shape index (κ3) is 7.61. The van der Waals surface area contributed by atoms with E-state index >= 15 is 0 Å². The van der Waals surface area contributed by atoms with E-state index in [1.54, 1.807) is 6.08 Å². The van der Waals surface area contributed by atoms with Crippen molar-refractivity contribution >= 4 is 22.9 Å². The Labute approximate surface area is 211 Å². The lowest BCUT2D eigenvalue weighted by atomic mass is 9.87. The van der Waals surface area contributed by atoms with Gasteiger partial charge in [0, 0.05) is 22.0 Å². The van der Waals surface area contributed by atoms with Crippen LogP contribution in [0.5, 0.6) is 0 Å². The molecule has 3 rings (SSSR count). The molecule has 2 aromatic rings. The van der Waals surface area contributed by atoms with Gasteiger partial charge in [-0.05, 0) is 80.2 Å². The Morgan fingerprint density at radius 1 is 1.15 bits per heavy atom. The summed E-state index contributed by atoms with van der Waals surface area (Å²) in [6, 6.07) is 14.1. The highest BCUT2D eigenvalue weighted by Crippen LogP contribution is 2.41. The fourth-order valence-corrected chi connectivity index (χ4v) is 4.31. The monoisotopic (exact) mass is 479 g/mol. The molecule has 1 fully saturated rings. The van der Waals surface area contributed by atoms with Crippen LogP contribution < -0.4 is 5.73 Å². The molecule has 3 N–H and O–H groups in total. The molecule has 3 nitrogen and oxygen atoms in total. The summed E-state index contributed by atoms with van der Waals surface area (Å²) in [5.41, 5.74) is 10.8. The highest BCUT2D eigenvalue weighted by atomic mass is 32.1. The molecule has 184 valence electrons. The van der Waals surface area contributed by atoms with Crippen LogP contribution in [0.2, 0.25) is 0 Å². The fourth-order valence-electron chi connectivity index (χ4n) is 3.99. The van der Waals surface area contributed by atoms with Gasteiger partial charge in [-0.1, -0.05) is 82.4 Å². The first-order chi connectivity index (χ1) is 15.9. The van der Waals surface area contributed by atoms with Crippen molar-refractivity contribution in [2.45, 2.75) is 73.3 Å². The number of rotatable bonds is 8. The second-order valence-corrected chi connectivity index (χ2v) is 10.8. The summed E-state index contributed by atoms with van der Waals surface area (Å²) in [7, 11) is 0. The summed E-state index contributed by atoms with van der Waals surface area (Å²) in [4.78, 5) is 13.5. The lowest BCUT2D eigenvalue weighted by Gasteiger charge is -2.25. The van der Waals surface area contributed by atoms with E-state index in [9.17, 15) is 9.90 Å². The molecule has 4 heteroatoms. The maximum Gasteiger partial charge on any atom is 0.166 e. The Morgan fingerprint density at radius 3 is 2.15 bits per heavy atom. The molecule has 1 unspecified atom stereocenters. The van der Waals surface area contributed by atoms with Gasteiger partial charge in [0.25, 0.3) is 0 Å². The number of thiocarbonyl (C=S) groups is 1. The fraction of sp³-hybridized carbons (Fsp3) is 0.467. The van der Waals surface area contributed by atoms with Crippen molar-refractivity contribution in [1.29, 1.82) is 0 Å². The van der Waals surface area contributed by atoms with Crippen molar-refractivity contribution in [1.82, 2.24) is 0 Å². The molecule has 1 saturated carbocycles. The van der Waals surface area contributed by atoms with Crippen LogP contribution in [0, 0.1) is 17.8 Å². The van der Waals surface area contributed by atoms with Crippen LogP contribution in [0.4, 0.5) is 0 Å². The summed E-state index contributed by atoms with van der Waals surface area (Å²) in [5.74, 6) is 1.45. The number of aryl methyl sites for hydroxylation is 1. The van der Waals surface area contributed by atoms with Crippen molar-refractivity contribution in [3.05, 3.63) is 70.9 Å². The summed E-state index contributed by atoms with van der Waals surface area (Å²) in [6.45, 7) is 13.7. The Morgan fingerprint density at radius 2 is 1.74 bits per heavy atom. The third-order valence-corrected chi connectivity index (χ3v) is 6.94. The predicted octanol–water partition coefficient (Wildman–Crippen LogP) is 7.14. The van der Waals surface area contributed by atoms with E-state index in [1.807, 2.05) is 77.1 Å². The second kappa shape index (κ2) is 11.9. The number of Topliss-reactive ketones (excluding diaryl/α,β-unsaturated/α-hetero) is 1. The first-order valence-corrected chi connectivity index (χ1v) is 12.7. The summed E-state index contributed by atoms with van der Waals surface area (Å²) >= 11 is 5.39. The first kappa shape index (κ1) is 27.9. The van der Waals surface area contributed by atoms with E-state index in [0.29, 0.717) is 16.5 Å². The molecule has 0 radical (unpaired) electrons. The van der Waals surface area contributed by atoms with Crippen LogP contribution in [0.3, 0.4) is 0 Å². The lowest BCUT2D eigenvalue weighted by molar-refractivity contribution is 0.0155. The molecule has 0 saturated heterocycles. The quantitative estimate of drug-likeness (QED) is 0.240. The average molecular weight is 480 g/mol. The van der Waals surface area contributed by atoms with Gasteiger partial charge in [0.15, 0.2) is 5.78 Å². The molecule has 0 heterocycles. The van der Waals surface area contributed by atoms with Crippen molar-refractivity contribution in [3.63, 3.8) is 0 Å². The number of benzene rings is 2. The van der Waals surface area contributed by atoms with Gasteiger partial charge in [0.1, 0.15) is 0 Å². The highest BCUT2D eigenvalue weighted by molar-refractivity contribution is 7.81. The third-order valence-electron chi connectivity index (χ3n) is 6.59. The molecule has 1 atom stereocenters. The molecule has 2 aromatic carbocycles. The van der Waals surface area contributed by atoms with Crippen LogP contribution in [-0.2, 0) is 6.42 Å². The van der Waals surface area contributed by atoms with Gasteiger partial charge in [-0.2, -0.15) is 0 Å². The minimum atomic E-state index is -0.457. The molecule has 1 aliphatic rings. The molecular weight excluding hydrogens is 438 g/mol. The van der Waals surface area contributed by atoms with Gasteiger partial charge in [-0.15, -0.1) is 0 Å². The van der Waals surface area contributed by atoms with Crippen LogP contribution in [0.1, 0.15) is 82.8 Å². The molecule has 0 spiro atoms. The van der Waals surface area contributed by atoms with Crippen LogP contribution >= 0.6 is 12.2 Å². The zero-order chi connectivity index (χ0) is 25.6. The zero-order valence-electron chi connectivity index (χ0n) is 21.8. The first-order valence-electron chi connectivity index (χ1n) is 12.3. The van der Waals surface area contributed by atoms with Crippen molar-refractivity contribution in [3.8, 4) is 11.1 Å². The number of allylic oxidation sites excluding steroid dienone is 2. The minimum absolute atomic E-state index is 0.0315. The van der Waals surface area contributed by atoms with E-state index in [0.717, 1.165) is 40.2 Å². The maximum absolute atomic E-state index is 12.8. The molecule has 34 heavy (non-hydrogen) atoms. The van der Waals surface area contributed by atoms with Gasteiger partial charge >= 0.3 is 0 Å². The SMILES string of the molecule is CC(C1CC1)C(C)(C)O.CCc1cccc(-c2ccc(C(=S)/C=C(/C)N)cc2)c1C(=O)C(C)C. The smallest absolute Gasteiger partial charge is 0.166 e. The molecular formula is C30H41NO2S. The number of carbonyl (C=O) groups is 1. The Kier molecular flexibility index (Phi) is 9.78. The van der Waals surface area contributed by atoms with E-state index in [4.69, 9.17) is 18.0 Å². The van der Waals surface area contributed by atoms with E-state index in [2.05, 4.69) is 13.8 Å². The number of carbonyl (C=O) groups excluding carboxylic acids is 1.